The number of para-hydroxylation sites is 1. The van der Waals surface area contributed by atoms with Crippen LogP contribution in [0.3, 0.4) is 0 Å². The first-order valence-corrected chi connectivity index (χ1v) is 14.7. The normalized spacial score (nSPS) is 12.1. The van der Waals surface area contributed by atoms with Crippen LogP contribution in [0.4, 0.5) is 0 Å². The Hall–Kier alpha value is -6.07. The van der Waals surface area contributed by atoms with E-state index in [1.165, 1.54) is 32.3 Å². The van der Waals surface area contributed by atoms with Crippen LogP contribution in [-0.4, -0.2) is 19.5 Å². The Morgan fingerprint density at radius 3 is 2.20 bits per heavy atom. The first-order valence-electron chi connectivity index (χ1n) is 14.7. The van der Waals surface area contributed by atoms with E-state index in [4.69, 9.17) is 14.4 Å². The number of rotatable bonds is 2. The summed E-state index contributed by atoms with van der Waals surface area (Å²) in [6.45, 7) is 0. The van der Waals surface area contributed by atoms with Gasteiger partial charge in [-0.05, 0) is 64.0 Å². The molecule has 44 heavy (non-hydrogen) atoms. The first-order chi connectivity index (χ1) is 21.8. The lowest BCUT2D eigenvalue weighted by Crippen LogP contribution is -2.03. The molecule has 10 aromatic rings. The van der Waals surface area contributed by atoms with Gasteiger partial charge in [-0.1, -0.05) is 84.9 Å². The van der Waals surface area contributed by atoms with Crippen molar-refractivity contribution in [2.75, 3.05) is 0 Å². The quantitative estimate of drug-likeness (QED) is 0.210. The number of hydrogen-bond donors (Lipinski definition) is 0. The molecule has 6 aromatic carbocycles. The van der Waals surface area contributed by atoms with Gasteiger partial charge in [-0.3, -0.25) is 9.55 Å². The average molecular weight is 563 g/mol. The van der Waals surface area contributed by atoms with Crippen LogP contribution >= 0.6 is 0 Å². The monoisotopic (exact) mass is 562 g/mol. The Kier molecular flexibility index (Phi) is 4.66. The van der Waals surface area contributed by atoms with Gasteiger partial charge in [0.1, 0.15) is 16.8 Å². The van der Waals surface area contributed by atoms with Gasteiger partial charge >= 0.3 is 0 Å². The molecule has 0 aliphatic heterocycles. The molecule has 4 aromatic heterocycles. The van der Waals surface area contributed by atoms with Gasteiger partial charge in [0.25, 0.3) is 0 Å². The Balaban J connectivity index is 1.41. The van der Waals surface area contributed by atoms with E-state index >= 15 is 0 Å². The van der Waals surface area contributed by atoms with Gasteiger partial charge < -0.3 is 4.42 Å². The summed E-state index contributed by atoms with van der Waals surface area (Å²) in [5.74, 6) is 0.755. The molecule has 0 unspecified atom stereocenters. The van der Waals surface area contributed by atoms with Crippen LogP contribution < -0.4 is 0 Å². The van der Waals surface area contributed by atoms with E-state index in [1.807, 2.05) is 36.5 Å². The van der Waals surface area contributed by atoms with Crippen LogP contribution in [-0.2, 0) is 0 Å². The standard InChI is InChI=1S/C39H22N4O/c1-2-10-26-22-33-30(20-25(26)9-1)35-28-12-4-3-8-23(28)17-18-32(35)43(33)38-36(27-16-15-24-11-7-19-40-31(24)21-27)42-39-37(41-38)29-13-5-6-14-34(29)44-39/h1-22H. The fourth-order valence-electron chi connectivity index (χ4n) is 6.78. The molecule has 0 saturated heterocycles. The fourth-order valence-corrected chi connectivity index (χ4v) is 6.78. The highest BCUT2D eigenvalue weighted by Gasteiger charge is 2.23. The molecule has 204 valence electrons. The van der Waals surface area contributed by atoms with Crippen molar-refractivity contribution in [2.45, 2.75) is 0 Å². The number of benzene rings is 6. The summed E-state index contributed by atoms with van der Waals surface area (Å²) in [5, 5.41) is 9.20. The van der Waals surface area contributed by atoms with Gasteiger partial charge in [-0.15, -0.1) is 0 Å². The van der Waals surface area contributed by atoms with Crippen LogP contribution in [0, 0.1) is 0 Å². The largest absolute Gasteiger partial charge is 0.436 e. The lowest BCUT2D eigenvalue weighted by atomic mass is 10.0. The van der Waals surface area contributed by atoms with Crippen LogP contribution in [0.2, 0.25) is 0 Å². The molecular formula is C39H22N4O. The second-order valence-corrected chi connectivity index (χ2v) is 11.3. The molecule has 4 heterocycles. The third-order valence-electron chi connectivity index (χ3n) is 8.81. The van der Waals surface area contributed by atoms with Crippen LogP contribution in [0.1, 0.15) is 0 Å². The highest BCUT2D eigenvalue weighted by molar-refractivity contribution is 6.23. The van der Waals surface area contributed by atoms with Gasteiger partial charge in [0.15, 0.2) is 5.82 Å². The smallest absolute Gasteiger partial charge is 0.247 e. The van der Waals surface area contributed by atoms with Crippen molar-refractivity contribution < 1.29 is 4.42 Å². The fraction of sp³-hybridized carbons (Fsp3) is 0. The second-order valence-electron chi connectivity index (χ2n) is 11.3. The molecule has 0 aliphatic rings. The van der Waals surface area contributed by atoms with Gasteiger partial charge in [0.05, 0.1) is 16.6 Å². The molecule has 0 aliphatic carbocycles. The topological polar surface area (TPSA) is 56.7 Å². The molecular weight excluding hydrogens is 540 g/mol. The molecule has 0 amide bonds. The molecule has 10 rings (SSSR count). The molecule has 5 heteroatoms. The molecule has 0 fully saturated rings. The summed E-state index contributed by atoms with van der Waals surface area (Å²) >= 11 is 0. The molecule has 0 atom stereocenters. The van der Waals surface area contributed by atoms with Crippen LogP contribution in [0.15, 0.2) is 138 Å². The summed E-state index contributed by atoms with van der Waals surface area (Å²) in [6, 6.07) is 44.5. The van der Waals surface area contributed by atoms with Crippen molar-refractivity contribution >= 4 is 76.5 Å². The van der Waals surface area contributed by atoms with Crippen molar-refractivity contribution in [3.8, 4) is 17.1 Å². The van der Waals surface area contributed by atoms with Crippen LogP contribution in [0.25, 0.3) is 93.5 Å². The molecule has 0 radical (unpaired) electrons. The van der Waals surface area contributed by atoms with E-state index in [-0.39, 0.29) is 0 Å². The van der Waals surface area contributed by atoms with Crippen molar-refractivity contribution in [3.05, 3.63) is 134 Å². The lowest BCUT2D eigenvalue weighted by Gasteiger charge is -2.13. The predicted octanol–water partition coefficient (Wildman–Crippen LogP) is 9.99. The lowest BCUT2D eigenvalue weighted by molar-refractivity contribution is 0.653. The number of fused-ring (bicyclic) bond motifs is 10. The zero-order valence-corrected chi connectivity index (χ0v) is 23.4. The van der Waals surface area contributed by atoms with Crippen molar-refractivity contribution in [1.82, 2.24) is 19.5 Å². The summed E-state index contributed by atoms with van der Waals surface area (Å²) in [5.41, 5.74) is 6.76. The third kappa shape index (κ3) is 3.26. The number of nitrogens with zero attached hydrogens (tertiary/aromatic N) is 4. The van der Waals surface area contributed by atoms with E-state index in [0.717, 1.165) is 55.5 Å². The molecule has 5 nitrogen and oxygen atoms in total. The van der Waals surface area contributed by atoms with Gasteiger partial charge in [-0.25, -0.2) is 9.97 Å². The Morgan fingerprint density at radius 2 is 1.30 bits per heavy atom. The number of furan rings is 1. The molecule has 0 saturated carbocycles. The van der Waals surface area contributed by atoms with Gasteiger partial charge in [-0.2, -0.15) is 0 Å². The minimum Gasteiger partial charge on any atom is -0.436 e. The van der Waals surface area contributed by atoms with E-state index in [9.17, 15) is 0 Å². The highest BCUT2D eigenvalue weighted by Crippen LogP contribution is 2.41. The number of pyridine rings is 1. The molecule has 0 N–H and O–H groups in total. The van der Waals surface area contributed by atoms with Crippen molar-refractivity contribution in [1.29, 1.82) is 0 Å². The molecule has 0 spiro atoms. The third-order valence-corrected chi connectivity index (χ3v) is 8.81. The van der Waals surface area contributed by atoms with E-state index in [2.05, 4.69) is 107 Å². The summed E-state index contributed by atoms with van der Waals surface area (Å²) in [7, 11) is 0. The average Bonchev–Trinajstić information content (AvgIpc) is 3.61. The van der Waals surface area contributed by atoms with Crippen LogP contribution in [0.5, 0.6) is 0 Å². The minimum absolute atomic E-state index is 0.516. The predicted molar refractivity (Wildman–Crippen MR) is 179 cm³/mol. The van der Waals surface area contributed by atoms with Crippen molar-refractivity contribution in [3.63, 3.8) is 0 Å². The summed E-state index contributed by atoms with van der Waals surface area (Å²) in [6.07, 6.45) is 1.82. The Morgan fingerprint density at radius 1 is 0.545 bits per heavy atom. The summed E-state index contributed by atoms with van der Waals surface area (Å²) < 4.78 is 8.55. The maximum atomic E-state index is 6.27. The number of hydrogen-bond acceptors (Lipinski definition) is 4. The van der Waals surface area contributed by atoms with Gasteiger partial charge in [0.2, 0.25) is 5.71 Å². The second kappa shape index (κ2) is 8.72. The SMILES string of the molecule is c1ccc2cc3c(cc2c1)c1c2ccccc2ccc1n3-c1nc2c(nc1-c1ccc3cccnc3c1)oc1ccccc12. The number of aromatic nitrogens is 4. The maximum Gasteiger partial charge on any atom is 0.247 e. The highest BCUT2D eigenvalue weighted by atomic mass is 16.3. The van der Waals surface area contributed by atoms with Crippen molar-refractivity contribution in [2.24, 2.45) is 0 Å². The van der Waals surface area contributed by atoms with Gasteiger partial charge in [0, 0.05) is 33.3 Å². The van der Waals surface area contributed by atoms with E-state index in [0.29, 0.717) is 5.71 Å². The maximum absolute atomic E-state index is 6.27. The zero-order valence-electron chi connectivity index (χ0n) is 23.4. The minimum atomic E-state index is 0.516. The summed E-state index contributed by atoms with van der Waals surface area (Å²) in [4.78, 5) is 15.3. The van der Waals surface area contributed by atoms with E-state index in [1.54, 1.807) is 0 Å². The van der Waals surface area contributed by atoms with E-state index < -0.39 is 0 Å². The Labute approximate surface area is 250 Å². The molecule has 0 bridgehead atoms. The first kappa shape index (κ1) is 23.5. The zero-order chi connectivity index (χ0) is 28.8. The Bertz CT molecular complexity index is 2790.